The largest absolute Gasteiger partial charge is 0.491 e. The number of carbonyl (C=O) groups is 5. The summed E-state index contributed by atoms with van der Waals surface area (Å²) in [5.74, 6) is -5.93. The van der Waals surface area contributed by atoms with E-state index in [-0.39, 0.29) is 17.4 Å². The number of aromatic nitrogens is 1. The second kappa shape index (κ2) is 11.3. The van der Waals surface area contributed by atoms with E-state index < -0.39 is 59.2 Å². The lowest BCUT2D eigenvalue weighted by molar-refractivity contribution is -0.189. The molecule has 1 aliphatic rings. The first-order chi connectivity index (χ1) is 20.8. The summed E-state index contributed by atoms with van der Waals surface area (Å²) in [5, 5.41) is 7.28. The van der Waals surface area contributed by atoms with Crippen molar-refractivity contribution in [2.45, 2.75) is 26.6 Å². The van der Waals surface area contributed by atoms with Crippen molar-refractivity contribution in [2.24, 2.45) is 5.41 Å². The van der Waals surface area contributed by atoms with Crippen LogP contribution in [0.1, 0.15) is 28.5 Å². The number of barbiturate groups is 1. The van der Waals surface area contributed by atoms with Crippen molar-refractivity contribution < 1.29 is 46.6 Å². The summed E-state index contributed by atoms with van der Waals surface area (Å²) in [6, 6.07) is 15.2. The molecule has 4 aromatic rings. The summed E-state index contributed by atoms with van der Waals surface area (Å²) in [5.41, 5.74) is 0.0553. The lowest BCUT2D eigenvalue weighted by Gasteiger charge is -2.30. The molecular weight excluding hydrogens is 585 g/mol. The minimum atomic E-state index is -5.37. The zero-order valence-corrected chi connectivity index (χ0v) is 23.1. The maximum atomic E-state index is 13.2. The van der Waals surface area contributed by atoms with Gasteiger partial charge in [-0.15, -0.1) is 0 Å². The van der Waals surface area contributed by atoms with Gasteiger partial charge in [0.15, 0.2) is 5.75 Å². The Hall–Kier alpha value is -5.53. The molecule has 0 atom stereocenters. The number of ether oxygens (including phenoxy) is 2. The van der Waals surface area contributed by atoms with Gasteiger partial charge in [-0.1, -0.05) is 24.3 Å². The number of fused-ring (bicyclic) bond motifs is 2. The molecule has 1 saturated heterocycles. The third-order valence-electron chi connectivity index (χ3n) is 7.00. The minimum Gasteiger partial charge on any atom is -0.489 e. The van der Waals surface area contributed by atoms with E-state index in [1.54, 1.807) is 0 Å². The standard InChI is InChI=1S/C30H23F3N4O7/c1-15-11-17(19-5-3-4-6-22(19)35-15)13-43-18-8-10-20-16(12-18)7-9-21(23(20)44-27(41)30(31,32)33)24(38)34-14-29(2)25(39)36-28(42)37-26(29)40/h3-12H,13-14H2,1-2H3,(H,34,38)(H2,36,37,39,40,42). The first kappa shape index (κ1) is 29.9. The topological polar surface area (TPSA) is 153 Å². The molecule has 0 unspecified atom stereocenters. The summed E-state index contributed by atoms with van der Waals surface area (Å²) in [7, 11) is 0. The second-order valence-electron chi connectivity index (χ2n) is 10.2. The molecule has 44 heavy (non-hydrogen) atoms. The van der Waals surface area contributed by atoms with E-state index in [0.717, 1.165) is 35.2 Å². The van der Waals surface area contributed by atoms with Gasteiger partial charge in [-0.3, -0.25) is 30.0 Å². The van der Waals surface area contributed by atoms with E-state index in [2.05, 4.69) is 15.0 Å². The highest BCUT2D eigenvalue weighted by atomic mass is 19.4. The van der Waals surface area contributed by atoms with Crippen LogP contribution in [0.25, 0.3) is 21.7 Å². The molecule has 5 amide bonds. The fourth-order valence-electron chi connectivity index (χ4n) is 4.61. The van der Waals surface area contributed by atoms with Crippen LogP contribution in [0.15, 0.2) is 60.7 Å². The number of esters is 1. The van der Waals surface area contributed by atoms with Crippen LogP contribution in [0.5, 0.6) is 11.5 Å². The maximum Gasteiger partial charge on any atom is 0.491 e. The number of hydrogen-bond donors (Lipinski definition) is 3. The third-order valence-corrected chi connectivity index (χ3v) is 7.00. The van der Waals surface area contributed by atoms with E-state index in [9.17, 15) is 37.1 Å². The van der Waals surface area contributed by atoms with Crippen molar-refractivity contribution in [3.05, 3.63) is 77.5 Å². The zero-order valence-electron chi connectivity index (χ0n) is 23.1. The molecule has 0 aliphatic carbocycles. The van der Waals surface area contributed by atoms with E-state index in [1.165, 1.54) is 24.3 Å². The van der Waals surface area contributed by atoms with Crippen LogP contribution >= 0.6 is 0 Å². The predicted octanol–water partition coefficient (Wildman–Crippen LogP) is 3.85. The van der Waals surface area contributed by atoms with Crippen molar-refractivity contribution in [2.75, 3.05) is 6.54 Å². The summed E-state index contributed by atoms with van der Waals surface area (Å²) in [6.07, 6.45) is -5.37. The average molecular weight is 609 g/mol. The molecular formula is C30H23F3N4O7. The van der Waals surface area contributed by atoms with Crippen LogP contribution < -0.4 is 25.4 Å². The van der Waals surface area contributed by atoms with Crippen LogP contribution in [-0.2, 0) is 21.0 Å². The zero-order chi connectivity index (χ0) is 31.8. The Morgan fingerprint density at radius 2 is 1.66 bits per heavy atom. The summed E-state index contributed by atoms with van der Waals surface area (Å²) < 4.78 is 50.2. The molecule has 1 aliphatic heterocycles. The summed E-state index contributed by atoms with van der Waals surface area (Å²) in [6.45, 7) is 2.53. The van der Waals surface area contributed by atoms with E-state index in [4.69, 9.17) is 4.74 Å². The molecule has 0 radical (unpaired) electrons. The fraction of sp³-hybridized carbons (Fsp3) is 0.200. The Bertz CT molecular complexity index is 1850. The molecule has 226 valence electrons. The van der Waals surface area contributed by atoms with Crippen molar-refractivity contribution in [3.63, 3.8) is 0 Å². The number of aryl methyl sites for hydroxylation is 1. The maximum absolute atomic E-state index is 13.2. The first-order valence-electron chi connectivity index (χ1n) is 13.0. The van der Waals surface area contributed by atoms with Crippen molar-refractivity contribution in [3.8, 4) is 11.5 Å². The fourth-order valence-corrected chi connectivity index (χ4v) is 4.61. The summed E-state index contributed by atoms with van der Waals surface area (Å²) in [4.78, 5) is 65.4. The van der Waals surface area contributed by atoms with Crippen LogP contribution in [0.2, 0.25) is 0 Å². The second-order valence-corrected chi connectivity index (χ2v) is 10.2. The van der Waals surface area contributed by atoms with Crippen molar-refractivity contribution in [1.29, 1.82) is 0 Å². The lowest BCUT2D eigenvalue weighted by atomic mass is 9.86. The molecule has 0 saturated carbocycles. The van der Waals surface area contributed by atoms with Gasteiger partial charge in [0.2, 0.25) is 11.8 Å². The van der Waals surface area contributed by atoms with E-state index in [1.807, 2.05) is 47.9 Å². The van der Waals surface area contributed by atoms with Gasteiger partial charge in [0.1, 0.15) is 17.8 Å². The number of pyridine rings is 1. The molecule has 2 heterocycles. The number of rotatable bonds is 7. The molecule has 0 bridgehead atoms. The quantitative estimate of drug-likeness (QED) is 0.163. The highest BCUT2D eigenvalue weighted by Crippen LogP contribution is 2.35. The van der Waals surface area contributed by atoms with Crippen LogP contribution in [0, 0.1) is 12.3 Å². The van der Waals surface area contributed by atoms with Gasteiger partial charge in [0.05, 0.1) is 11.1 Å². The van der Waals surface area contributed by atoms with Crippen LogP contribution in [-0.4, -0.2) is 47.4 Å². The van der Waals surface area contributed by atoms with Crippen LogP contribution in [0.3, 0.4) is 0 Å². The number of amides is 5. The van der Waals surface area contributed by atoms with E-state index in [0.29, 0.717) is 5.75 Å². The highest BCUT2D eigenvalue weighted by molar-refractivity contribution is 6.19. The molecule has 3 N–H and O–H groups in total. The van der Waals surface area contributed by atoms with Gasteiger partial charge in [0, 0.05) is 28.6 Å². The van der Waals surface area contributed by atoms with Gasteiger partial charge in [-0.05, 0) is 55.6 Å². The van der Waals surface area contributed by atoms with Gasteiger partial charge in [-0.2, -0.15) is 13.2 Å². The molecule has 14 heteroatoms. The van der Waals surface area contributed by atoms with Crippen LogP contribution in [0.4, 0.5) is 18.0 Å². The van der Waals surface area contributed by atoms with Gasteiger partial charge in [0.25, 0.3) is 5.91 Å². The normalized spacial score (nSPS) is 14.6. The molecule has 1 aromatic heterocycles. The summed E-state index contributed by atoms with van der Waals surface area (Å²) >= 11 is 0. The predicted molar refractivity (Wildman–Crippen MR) is 149 cm³/mol. The average Bonchev–Trinajstić information content (AvgIpc) is 2.97. The SMILES string of the molecule is Cc1cc(COc2ccc3c(OC(=O)C(F)(F)F)c(C(=O)NCC4(C)C(=O)NC(=O)NC4=O)ccc3c2)c2ccccc2n1. The minimum absolute atomic E-state index is 0.0160. The number of alkyl halides is 3. The smallest absolute Gasteiger partial charge is 0.489 e. The molecule has 3 aromatic carbocycles. The van der Waals surface area contributed by atoms with Gasteiger partial charge < -0.3 is 14.8 Å². The Labute approximate surface area is 246 Å². The molecule has 5 rings (SSSR count). The van der Waals surface area contributed by atoms with E-state index >= 15 is 0 Å². The number of hydrogen-bond acceptors (Lipinski definition) is 8. The van der Waals surface area contributed by atoms with Gasteiger partial charge in [-0.25, -0.2) is 9.59 Å². The number of imide groups is 2. The molecule has 11 nitrogen and oxygen atoms in total. The Morgan fingerprint density at radius 1 is 0.955 bits per heavy atom. The number of nitrogens with one attached hydrogen (secondary N) is 3. The Morgan fingerprint density at radius 3 is 2.36 bits per heavy atom. The van der Waals surface area contributed by atoms with Gasteiger partial charge >= 0.3 is 18.2 Å². The Balaban J connectivity index is 1.44. The number of halogens is 3. The molecule has 1 fully saturated rings. The molecule has 0 spiro atoms. The van der Waals surface area contributed by atoms with Crippen molar-refractivity contribution in [1.82, 2.24) is 20.9 Å². The number of carbonyl (C=O) groups excluding carboxylic acids is 5. The number of para-hydroxylation sites is 1. The highest BCUT2D eigenvalue weighted by Gasteiger charge is 2.47. The number of urea groups is 1. The third kappa shape index (κ3) is 5.86. The Kier molecular flexibility index (Phi) is 7.68. The number of nitrogens with zero attached hydrogens (tertiary/aromatic N) is 1. The lowest BCUT2D eigenvalue weighted by Crippen LogP contribution is -2.64. The monoisotopic (exact) mass is 608 g/mol. The van der Waals surface area contributed by atoms with Crippen molar-refractivity contribution >= 4 is 51.4 Å². The number of benzene rings is 3. The first-order valence-corrected chi connectivity index (χ1v) is 13.0.